The molecule has 0 saturated carbocycles. The smallest absolute Gasteiger partial charge is 0.0819 e. The maximum atomic E-state index is 6.00. The average Bonchev–Trinajstić information content (AvgIpc) is 2.70. The van der Waals surface area contributed by atoms with E-state index in [1.165, 1.54) is 5.56 Å². The lowest BCUT2D eigenvalue weighted by Crippen LogP contribution is -2.21. The normalized spacial score (nSPS) is 12.7. The monoisotopic (exact) mass is 263 g/mol. The van der Waals surface area contributed by atoms with E-state index in [4.69, 9.17) is 17.3 Å². The van der Waals surface area contributed by atoms with E-state index >= 15 is 0 Å². The van der Waals surface area contributed by atoms with Crippen LogP contribution in [0.25, 0.3) is 5.69 Å². The van der Waals surface area contributed by atoms with Crippen molar-refractivity contribution in [2.24, 2.45) is 5.73 Å². The van der Waals surface area contributed by atoms with Gasteiger partial charge in [0.05, 0.1) is 16.4 Å². The molecule has 0 spiro atoms. The summed E-state index contributed by atoms with van der Waals surface area (Å²) in [5.74, 6) is 0. The lowest BCUT2D eigenvalue weighted by atomic mass is 10.0. The first-order valence-electron chi connectivity index (χ1n) is 6.16. The first kappa shape index (κ1) is 13.1. The molecule has 0 bridgehead atoms. The largest absolute Gasteiger partial charge is 0.327 e. The van der Waals surface area contributed by atoms with Crippen LogP contribution in [0.2, 0.25) is 5.02 Å². The lowest BCUT2D eigenvalue weighted by molar-refractivity contribution is 0.646. The summed E-state index contributed by atoms with van der Waals surface area (Å²) < 4.78 is 1.79. The molecule has 0 saturated heterocycles. The van der Waals surface area contributed by atoms with Crippen LogP contribution in [0, 0.1) is 6.92 Å². The minimum absolute atomic E-state index is 0.234. The van der Waals surface area contributed by atoms with Crippen LogP contribution in [0.15, 0.2) is 30.5 Å². The van der Waals surface area contributed by atoms with Crippen LogP contribution in [0.1, 0.15) is 24.6 Å². The fraction of sp³-hybridized carbons (Fsp3) is 0.357. The van der Waals surface area contributed by atoms with Gasteiger partial charge in [-0.25, -0.2) is 4.68 Å². The summed E-state index contributed by atoms with van der Waals surface area (Å²) in [5, 5.41) is 5.03. The summed E-state index contributed by atoms with van der Waals surface area (Å²) in [6.45, 7) is 4.00. The zero-order chi connectivity index (χ0) is 13.1. The highest BCUT2D eigenvalue weighted by atomic mass is 35.5. The van der Waals surface area contributed by atoms with Gasteiger partial charge in [0.15, 0.2) is 0 Å². The van der Waals surface area contributed by atoms with Gasteiger partial charge in [0, 0.05) is 12.2 Å². The first-order chi connectivity index (χ1) is 8.60. The third kappa shape index (κ3) is 2.92. The number of rotatable bonds is 4. The van der Waals surface area contributed by atoms with E-state index in [0.717, 1.165) is 24.2 Å². The number of nitrogens with zero attached hydrogens (tertiary/aromatic N) is 2. The van der Waals surface area contributed by atoms with Gasteiger partial charge < -0.3 is 5.73 Å². The Labute approximate surface area is 113 Å². The zero-order valence-electron chi connectivity index (χ0n) is 10.7. The van der Waals surface area contributed by atoms with E-state index < -0.39 is 0 Å². The van der Waals surface area contributed by atoms with Crippen molar-refractivity contribution in [3.63, 3.8) is 0 Å². The zero-order valence-corrected chi connectivity index (χ0v) is 11.5. The molecule has 1 aromatic heterocycles. The molecule has 0 aliphatic heterocycles. The fourth-order valence-electron chi connectivity index (χ4n) is 1.80. The Morgan fingerprint density at radius 3 is 2.50 bits per heavy atom. The number of nitrogens with two attached hydrogens (primary N) is 1. The van der Waals surface area contributed by atoms with E-state index in [1.807, 2.05) is 25.3 Å². The van der Waals surface area contributed by atoms with Gasteiger partial charge >= 0.3 is 0 Å². The highest BCUT2D eigenvalue weighted by molar-refractivity contribution is 6.31. The highest BCUT2D eigenvalue weighted by Crippen LogP contribution is 2.17. The highest BCUT2D eigenvalue weighted by Gasteiger charge is 2.05. The van der Waals surface area contributed by atoms with Crippen LogP contribution in [0.3, 0.4) is 0 Å². The third-order valence-electron chi connectivity index (χ3n) is 3.06. The summed E-state index contributed by atoms with van der Waals surface area (Å²) in [6.07, 6.45) is 3.73. The van der Waals surface area contributed by atoms with Crippen molar-refractivity contribution in [3.05, 3.63) is 46.7 Å². The second-order valence-corrected chi connectivity index (χ2v) is 4.95. The van der Waals surface area contributed by atoms with E-state index in [9.17, 15) is 0 Å². The molecule has 0 aliphatic rings. The standard InChI is InChI=1S/C14H18ClN3/c1-3-12(16)8-11-4-6-13(7-5-11)18-9-14(15)10(2)17-18/h4-7,9,12H,3,8,16H2,1-2H3. The predicted molar refractivity (Wildman–Crippen MR) is 75.3 cm³/mol. The Bertz CT molecular complexity index is 497. The fourth-order valence-corrected chi connectivity index (χ4v) is 1.93. The molecule has 1 unspecified atom stereocenters. The molecule has 4 heteroatoms. The van der Waals surface area contributed by atoms with Crippen molar-refractivity contribution < 1.29 is 0 Å². The Hall–Kier alpha value is -1.32. The molecule has 18 heavy (non-hydrogen) atoms. The van der Waals surface area contributed by atoms with Gasteiger partial charge in [-0.05, 0) is 37.5 Å². The predicted octanol–water partition coefficient (Wildman–Crippen LogP) is 3.11. The molecule has 0 fully saturated rings. The summed E-state index contributed by atoms with van der Waals surface area (Å²) in [5.41, 5.74) is 9.05. The molecule has 0 aliphatic carbocycles. The van der Waals surface area contributed by atoms with E-state index in [0.29, 0.717) is 5.02 Å². The Balaban J connectivity index is 2.17. The van der Waals surface area contributed by atoms with Crippen LogP contribution >= 0.6 is 11.6 Å². The van der Waals surface area contributed by atoms with Crippen molar-refractivity contribution in [2.45, 2.75) is 32.7 Å². The Morgan fingerprint density at radius 1 is 1.33 bits per heavy atom. The number of aryl methyl sites for hydroxylation is 1. The van der Waals surface area contributed by atoms with Crippen molar-refractivity contribution in [3.8, 4) is 5.69 Å². The molecule has 1 heterocycles. The number of halogens is 1. The lowest BCUT2D eigenvalue weighted by Gasteiger charge is -2.09. The van der Waals surface area contributed by atoms with Crippen LogP contribution in [-0.2, 0) is 6.42 Å². The van der Waals surface area contributed by atoms with E-state index in [-0.39, 0.29) is 6.04 Å². The minimum atomic E-state index is 0.234. The molecule has 2 rings (SSSR count). The van der Waals surface area contributed by atoms with Crippen LogP contribution in [-0.4, -0.2) is 15.8 Å². The molecule has 2 aromatic rings. The Kier molecular flexibility index (Phi) is 4.04. The van der Waals surface area contributed by atoms with Crippen LogP contribution in [0.4, 0.5) is 0 Å². The van der Waals surface area contributed by atoms with Crippen molar-refractivity contribution >= 4 is 11.6 Å². The van der Waals surface area contributed by atoms with Crippen LogP contribution < -0.4 is 5.73 Å². The van der Waals surface area contributed by atoms with Gasteiger partial charge in [-0.1, -0.05) is 30.7 Å². The third-order valence-corrected chi connectivity index (χ3v) is 3.43. The van der Waals surface area contributed by atoms with Crippen molar-refractivity contribution in [2.75, 3.05) is 0 Å². The second-order valence-electron chi connectivity index (χ2n) is 4.55. The van der Waals surface area contributed by atoms with E-state index in [2.05, 4.69) is 24.2 Å². The van der Waals surface area contributed by atoms with Gasteiger partial charge in [0.1, 0.15) is 0 Å². The Morgan fingerprint density at radius 2 is 2.00 bits per heavy atom. The van der Waals surface area contributed by atoms with Gasteiger partial charge in [-0.15, -0.1) is 0 Å². The second kappa shape index (κ2) is 5.55. The summed E-state index contributed by atoms with van der Waals surface area (Å²) >= 11 is 6.00. The SMILES string of the molecule is CCC(N)Cc1ccc(-n2cc(Cl)c(C)n2)cc1. The number of benzene rings is 1. The topological polar surface area (TPSA) is 43.8 Å². The van der Waals surface area contributed by atoms with Crippen LogP contribution in [0.5, 0.6) is 0 Å². The average molecular weight is 264 g/mol. The summed E-state index contributed by atoms with van der Waals surface area (Å²) in [6, 6.07) is 8.50. The van der Waals surface area contributed by atoms with Gasteiger partial charge in [0.25, 0.3) is 0 Å². The number of hydrogen-bond acceptors (Lipinski definition) is 2. The van der Waals surface area contributed by atoms with Gasteiger partial charge in [-0.2, -0.15) is 5.10 Å². The molecule has 2 N–H and O–H groups in total. The molecular formula is C14H18ClN3. The first-order valence-corrected chi connectivity index (χ1v) is 6.54. The minimum Gasteiger partial charge on any atom is -0.327 e. The van der Waals surface area contributed by atoms with Gasteiger partial charge in [-0.3, -0.25) is 0 Å². The number of hydrogen-bond donors (Lipinski definition) is 1. The summed E-state index contributed by atoms with van der Waals surface area (Å²) in [4.78, 5) is 0. The molecule has 96 valence electrons. The molecule has 1 atom stereocenters. The molecule has 3 nitrogen and oxygen atoms in total. The molecule has 0 radical (unpaired) electrons. The molecule has 0 amide bonds. The van der Waals surface area contributed by atoms with E-state index in [1.54, 1.807) is 4.68 Å². The van der Waals surface area contributed by atoms with Crippen molar-refractivity contribution in [1.29, 1.82) is 0 Å². The summed E-state index contributed by atoms with van der Waals surface area (Å²) in [7, 11) is 0. The number of aromatic nitrogens is 2. The maximum Gasteiger partial charge on any atom is 0.0819 e. The molecule has 1 aromatic carbocycles. The maximum absolute atomic E-state index is 6.00. The quantitative estimate of drug-likeness (QED) is 0.921. The molecular weight excluding hydrogens is 246 g/mol. The van der Waals surface area contributed by atoms with Gasteiger partial charge in [0.2, 0.25) is 0 Å². The van der Waals surface area contributed by atoms with Crippen molar-refractivity contribution in [1.82, 2.24) is 9.78 Å².